The van der Waals surface area contributed by atoms with Crippen molar-refractivity contribution in [3.63, 3.8) is 0 Å². The quantitative estimate of drug-likeness (QED) is 0.732. The monoisotopic (exact) mass is 331 g/mol. The number of carbonyl (C=O) groups is 1. The SMILES string of the molecule is COC(=O)c1cnc2nc(-c3cccc(Br)c3)[nH]c2c1. The first-order valence-electron chi connectivity index (χ1n) is 5.87. The Morgan fingerprint density at radius 1 is 1.35 bits per heavy atom. The molecule has 0 fully saturated rings. The van der Waals surface area contributed by atoms with Crippen molar-refractivity contribution in [2.24, 2.45) is 0 Å². The molecule has 100 valence electrons. The van der Waals surface area contributed by atoms with Crippen LogP contribution in [0.15, 0.2) is 41.0 Å². The number of methoxy groups -OCH3 is 1. The first kappa shape index (κ1) is 12.8. The Morgan fingerprint density at radius 3 is 2.95 bits per heavy atom. The van der Waals surface area contributed by atoms with E-state index in [4.69, 9.17) is 0 Å². The van der Waals surface area contributed by atoms with Gasteiger partial charge in [0, 0.05) is 16.2 Å². The first-order valence-corrected chi connectivity index (χ1v) is 6.66. The Morgan fingerprint density at radius 2 is 2.20 bits per heavy atom. The number of aromatic amines is 1. The highest BCUT2D eigenvalue weighted by Crippen LogP contribution is 2.23. The Hall–Kier alpha value is -2.21. The molecule has 0 bridgehead atoms. The van der Waals surface area contributed by atoms with Crippen molar-refractivity contribution in [3.05, 3.63) is 46.6 Å². The lowest BCUT2D eigenvalue weighted by Crippen LogP contribution is -2.01. The molecule has 6 heteroatoms. The highest BCUT2D eigenvalue weighted by Gasteiger charge is 2.11. The third-order valence-electron chi connectivity index (χ3n) is 2.86. The molecule has 2 heterocycles. The van der Waals surface area contributed by atoms with E-state index in [0.29, 0.717) is 22.6 Å². The molecule has 0 spiro atoms. The molecule has 0 aliphatic rings. The number of esters is 1. The van der Waals surface area contributed by atoms with Gasteiger partial charge in [-0.2, -0.15) is 0 Å². The van der Waals surface area contributed by atoms with Gasteiger partial charge in [0.15, 0.2) is 5.65 Å². The number of pyridine rings is 1. The molecular weight excluding hydrogens is 322 g/mol. The Labute approximate surface area is 123 Å². The van der Waals surface area contributed by atoms with Gasteiger partial charge < -0.3 is 9.72 Å². The van der Waals surface area contributed by atoms with Crippen molar-refractivity contribution >= 4 is 33.1 Å². The molecule has 0 aliphatic carbocycles. The summed E-state index contributed by atoms with van der Waals surface area (Å²) in [5, 5.41) is 0. The molecule has 0 saturated heterocycles. The number of imidazole rings is 1. The standard InChI is InChI=1S/C14H10BrN3O2/c1-20-14(19)9-6-11-13(16-7-9)18-12(17-11)8-3-2-4-10(15)5-8/h2-7H,1H3,(H,16,17,18). The van der Waals surface area contributed by atoms with Gasteiger partial charge in [0.25, 0.3) is 0 Å². The topological polar surface area (TPSA) is 67.9 Å². The molecule has 0 unspecified atom stereocenters. The van der Waals surface area contributed by atoms with E-state index in [-0.39, 0.29) is 0 Å². The van der Waals surface area contributed by atoms with Crippen molar-refractivity contribution in [3.8, 4) is 11.4 Å². The number of ether oxygens (including phenoxy) is 1. The summed E-state index contributed by atoms with van der Waals surface area (Å²) in [5.74, 6) is 0.286. The third kappa shape index (κ3) is 2.30. The number of hydrogen-bond acceptors (Lipinski definition) is 4. The van der Waals surface area contributed by atoms with Gasteiger partial charge in [-0.3, -0.25) is 0 Å². The Kier molecular flexibility index (Phi) is 3.23. The van der Waals surface area contributed by atoms with Crippen molar-refractivity contribution < 1.29 is 9.53 Å². The zero-order valence-corrected chi connectivity index (χ0v) is 12.1. The number of aromatic nitrogens is 3. The van der Waals surface area contributed by atoms with E-state index in [1.54, 1.807) is 6.07 Å². The molecule has 0 radical (unpaired) electrons. The van der Waals surface area contributed by atoms with Crippen LogP contribution in [0.25, 0.3) is 22.6 Å². The molecule has 0 amide bonds. The summed E-state index contributed by atoms with van der Waals surface area (Å²) in [4.78, 5) is 23.2. The predicted octanol–water partition coefficient (Wildman–Crippen LogP) is 3.17. The molecule has 0 atom stereocenters. The normalized spacial score (nSPS) is 10.7. The van der Waals surface area contributed by atoms with Crippen LogP contribution < -0.4 is 0 Å². The summed E-state index contributed by atoms with van der Waals surface area (Å²) in [6.45, 7) is 0. The molecule has 0 saturated carbocycles. The summed E-state index contributed by atoms with van der Waals surface area (Å²) in [5.41, 5.74) is 2.59. The first-order chi connectivity index (χ1) is 9.67. The van der Waals surface area contributed by atoms with Gasteiger partial charge in [-0.15, -0.1) is 0 Å². The number of rotatable bonds is 2. The molecule has 20 heavy (non-hydrogen) atoms. The average Bonchev–Trinajstić information content (AvgIpc) is 2.89. The highest BCUT2D eigenvalue weighted by molar-refractivity contribution is 9.10. The van der Waals surface area contributed by atoms with Crippen LogP contribution in [0, 0.1) is 0 Å². The molecule has 3 aromatic rings. The van der Waals surface area contributed by atoms with Crippen LogP contribution in [0.5, 0.6) is 0 Å². The predicted molar refractivity (Wildman–Crippen MR) is 78.4 cm³/mol. The highest BCUT2D eigenvalue weighted by atomic mass is 79.9. The summed E-state index contributed by atoms with van der Waals surface area (Å²) >= 11 is 3.42. The number of carbonyl (C=O) groups excluding carboxylic acids is 1. The van der Waals surface area contributed by atoms with Gasteiger partial charge in [-0.05, 0) is 18.2 Å². The fraction of sp³-hybridized carbons (Fsp3) is 0.0714. The van der Waals surface area contributed by atoms with Gasteiger partial charge in [0.1, 0.15) is 5.82 Å². The van der Waals surface area contributed by atoms with E-state index in [9.17, 15) is 4.79 Å². The van der Waals surface area contributed by atoms with Crippen molar-refractivity contribution in [2.75, 3.05) is 7.11 Å². The summed E-state index contributed by atoms with van der Waals surface area (Å²) in [6, 6.07) is 9.46. The van der Waals surface area contributed by atoms with Crippen LogP contribution in [0.4, 0.5) is 0 Å². The van der Waals surface area contributed by atoms with Crippen molar-refractivity contribution in [1.82, 2.24) is 15.0 Å². The second-order valence-electron chi connectivity index (χ2n) is 4.18. The maximum Gasteiger partial charge on any atom is 0.339 e. The summed E-state index contributed by atoms with van der Waals surface area (Å²) < 4.78 is 5.64. The van der Waals surface area contributed by atoms with E-state index < -0.39 is 5.97 Å². The lowest BCUT2D eigenvalue weighted by molar-refractivity contribution is 0.0600. The maximum absolute atomic E-state index is 11.5. The van der Waals surface area contributed by atoms with E-state index in [1.165, 1.54) is 13.3 Å². The van der Waals surface area contributed by atoms with Crippen LogP contribution in [0.1, 0.15) is 10.4 Å². The third-order valence-corrected chi connectivity index (χ3v) is 3.35. The second-order valence-corrected chi connectivity index (χ2v) is 5.10. The maximum atomic E-state index is 11.5. The van der Waals surface area contributed by atoms with Crippen LogP contribution in [0.2, 0.25) is 0 Å². The summed E-state index contributed by atoms with van der Waals surface area (Å²) in [6.07, 6.45) is 1.46. The number of hydrogen-bond donors (Lipinski definition) is 1. The van der Waals surface area contributed by atoms with E-state index >= 15 is 0 Å². The van der Waals surface area contributed by atoms with Gasteiger partial charge in [-0.25, -0.2) is 14.8 Å². The van der Waals surface area contributed by atoms with Crippen LogP contribution in [-0.4, -0.2) is 28.0 Å². The van der Waals surface area contributed by atoms with Crippen LogP contribution in [0.3, 0.4) is 0 Å². The zero-order valence-electron chi connectivity index (χ0n) is 10.6. The number of benzene rings is 1. The minimum Gasteiger partial charge on any atom is -0.465 e. The fourth-order valence-corrected chi connectivity index (χ4v) is 2.30. The van der Waals surface area contributed by atoms with Crippen molar-refractivity contribution in [2.45, 2.75) is 0 Å². The molecular formula is C14H10BrN3O2. The number of H-pyrrole nitrogens is 1. The minimum atomic E-state index is -0.419. The zero-order chi connectivity index (χ0) is 14.1. The Balaban J connectivity index is 2.09. The molecule has 2 aromatic heterocycles. The van der Waals surface area contributed by atoms with Gasteiger partial charge in [-0.1, -0.05) is 28.1 Å². The molecule has 1 aromatic carbocycles. The Bertz CT molecular complexity index is 798. The van der Waals surface area contributed by atoms with E-state index in [2.05, 4.69) is 35.6 Å². The van der Waals surface area contributed by atoms with Crippen molar-refractivity contribution in [1.29, 1.82) is 0 Å². The number of nitrogens with one attached hydrogen (secondary N) is 1. The van der Waals surface area contributed by atoms with Crippen LogP contribution >= 0.6 is 15.9 Å². The average molecular weight is 332 g/mol. The fourth-order valence-electron chi connectivity index (χ4n) is 1.90. The van der Waals surface area contributed by atoms with E-state index in [0.717, 1.165) is 10.0 Å². The summed E-state index contributed by atoms with van der Waals surface area (Å²) in [7, 11) is 1.34. The minimum absolute atomic E-state index is 0.393. The number of halogens is 1. The largest absolute Gasteiger partial charge is 0.465 e. The lowest BCUT2D eigenvalue weighted by atomic mass is 10.2. The molecule has 1 N–H and O–H groups in total. The second kappa shape index (κ2) is 5.05. The van der Waals surface area contributed by atoms with Crippen LogP contribution in [-0.2, 0) is 4.74 Å². The molecule has 0 aliphatic heterocycles. The molecule has 3 rings (SSSR count). The number of nitrogens with zero attached hydrogens (tertiary/aromatic N) is 2. The smallest absolute Gasteiger partial charge is 0.339 e. The van der Waals surface area contributed by atoms with Gasteiger partial charge in [0.2, 0.25) is 0 Å². The number of fused-ring (bicyclic) bond motifs is 1. The van der Waals surface area contributed by atoms with Gasteiger partial charge >= 0.3 is 5.97 Å². The van der Waals surface area contributed by atoms with Gasteiger partial charge in [0.05, 0.1) is 18.2 Å². The lowest BCUT2D eigenvalue weighted by Gasteiger charge is -1.97. The molecule has 5 nitrogen and oxygen atoms in total. The van der Waals surface area contributed by atoms with E-state index in [1.807, 2.05) is 24.3 Å².